The summed E-state index contributed by atoms with van der Waals surface area (Å²) in [6.45, 7) is 5.81. The van der Waals surface area contributed by atoms with Crippen molar-refractivity contribution in [2.45, 2.75) is 44.6 Å². The zero-order valence-corrected chi connectivity index (χ0v) is 15.1. The molecule has 1 heterocycles. The maximum Gasteiger partial charge on any atom is 0.411 e. The highest BCUT2D eigenvalue weighted by atomic mass is 16.6. The maximum absolute atomic E-state index is 12.8. The predicted octanol–water partition coefficient (Wildman–Crippen LogP) is 2.51. The van der Waals surface area contributed by atoms with Gasteiger partial charge in [-0.1, -0.05) is 43.3 Å². The highest BCUT2D eigenvalue weighted by Gasteiger charge is 2.67. The Kier molecular flexibility index (Phi) is 5.05. The van der Waals surface area contributed by atoms with Crippen LogP contribution in [0.5, 0.6) is 0 Å². The Hall–Kier alpha value is -2.34. The van der Waals surface area contributed by atoms with Gasteiger partial charge in [-0.3, -0.25) is 4.90 Å². The molecule has 1 N–H and O–H groups in total. The molecule has 1 unspecified atom stereocenters. The van der Waals surface area contributed by atoms with Crippen LogP contribution in [0, 0.1) is 11.3 Å². The lowest BCUT2D eigenvalue weighted by Crippen LogP contribution is -2.53. The van der Waals surface area contributed by atoms with Crippen molar-refractivity contribution >= 4 is 12.1 Å². The number of carbonyl (C=O) groups is 2. The molecule has 26 heavy (non-hydrogen) atoms. The standard InChI is InChI=1S/C20H25NO5/c1-4-10-20(2)16-14(11-15(16)22)21(17(20)18(23)25-3)19(24)26-12-13-8-6-5-7-9-13/h4-9,14-17,22H,1,10-12H2,2-3H3/t14-,15?,16-,17-,20-/m1/s1. The molecule has 2 aliphatic rings. The van der Waals surface area contributed by atoms with Gasteiger partial charge in [0, 0.05) is 17.4 Å². The summed E-state index contributed by atoms with van der Waals surface area (Å²) >= 11 is 0. The van der Waals surface area contributed by atoms with Crippen LogP contribution in [0.4, 0.5) is 4.79 Å². The topological polar surface area (TPSA) is 76.1 Å². The number of nitrogens with zero attached hydrogens (tertiary/aromatic N) is 1. The Balaban J connectivity index is 1.85. The fraction of sp³-hybridized carbons (Fsp3) is 0.500. The number of hydrogen-bond acceptors (Lipinski definition) is 5. The summed E-state index contributed by atoms with van der Waals surface area (Å²) in [6.07, 6.45) is 1.54. The van der Waals surface area contributed by atoms with Crippen LogP contribution in [0.15, 0.2) is 43.0 Å². The zero-order valence-electron chi connectivity index (χ0n) is 15.1. The van der Waals surface area contributed by atoms with Crippen molar-refractivity contribution in [2.24, 2.45) is 11.3 Å². The number of hydrogen-bond donors (Lipinski definition) is 1. The molecule has 1 aliphatic carbocycles. The number of carbonyl (C=O) groups excluding carboxylic acids is 2. The van der Waals surface area contributed by atoms with Gasteiger partial charge in [0.25, 0.3) is 0 Å². The number of ether oxygens (including phenoxy) is 2. The largest absolute Gasteiger partial charge is 0.467 e. The number of likely N-dealkylation sites (tertiary alicyclic amines) is 1. The molecule has 1 aromatic rings. The minimum Gasteiger partial charge on any atom is -0.467 e. The molecule has 6 nitrogen and oxygen atoms in total. The maximum atomic E-state index is 12.8. The number of aliphatic hydroxyl groups is 1. The SMILES string of the molecule is C=CC[C@]1(C)[C@H]2C(O)C[C@H]2N(C(=O)OCc2ccccc2)[C@@H]1C(=O)OC. The lowest BCUT2D eigenvalue weighted by Gasteiger charge is -2.44. The van der Waals surface area contributed by atoms with E-state index in [4.69, 9.17) is 9.47 Å². The van der Waals surface area contributed by atoms with Crippen molar-refractivity contribution in [3.05, 3.63) is 48.6 Å². The normalized spacial score (nSPS) is 32.3. The van der Waals surface area contributed by atoms with Crippen LogP contribution in [-0.4, -0.2) is 47.4 Å². The Bertz CT molecular complexity index is 691. The Morgan fingerprint density at radius 3 is 2.65 bits per heavy atom. The average molecular weight is 359 g/mol. The number of methoxy groups -OCH3 is 1. The van der Waals surface area contributed by atoms with E-state index in [1.807, 2.05) is 37.3 Å². The van der Waals surface area contributed by atoms with Gasteiger partial charge in [0.1, 0.15) is 12.6 Å². The van der Waals surface area contributed by atoms with Crippen molar-refractivity contribution in [2.75, 3.05) is 7.11 Å². The molecule has 140 valence electrons. The summed E-state index contributed by atoms with van der Waals surface area (Å²) in [5.41, 5.74) is 0.233. The molecule has 1 amide bonds. The minimum absolute atomic E-state index is 0.127. The second-order valence-electron chi connectivity index (χ2n) is 7.27. The van der Waals surface area contributed by atoms with Gasteiger partial charge in [-0.15, -0.1) is 6.58 Å². The summed E-state index contributed by atoms with van der Waals surface area (Å²) in [6, 6.07) is 8.33. The summed E-state index contributed by atoms with van der Waals surface area (Å²) in [5, 5.41) is 10.3. The van der Waals surface area contributed by atoms with Gasteiger partial charge < -0.3 is 14.6 Å². The molecule has 3 rings (SSSR count). The summed E-state index contributed by atoms with van der Waals surface area (Å²) in [4.78, 5) is 26.8. The number of allylic oxidation sites excluding steroid dienone is 1. The number of fused-ring (bicyclic) bond motifs is 1. The third kappa shape index (κ3) is 2.88. The Morgan fingerprint density at radius 1 is 1.38 bits per heavy atom. The van der Waals surface area contributed by atoms with Crippen molar-refractivity contribution in [3.63, 3.8) is 0 Å². The van der Waals surface area contributed by atoms with Crippen LogP contribution in [0.3, 0.4) is 0 Å². The summed E-state index contributed by atoms with van der Waals surface area (Å²) < 4.78 is 10.4. The number of esters is 1. The van der Waals surface area contributed by atoms with E-state index in [-0.39, 0.29) is 18.6 Å². The molecule has 1 aliphatic heterocycles. The van der Waals surface area contributed by atoms with Gasteiger partial charge in [-0.05, 0) is 18.4 Å². The fourth-order valence-electron chi connectivity index (χ4n) is 4.55. The molecule has 1 aromatic carbocycles. The van der Waals surface area contributed by atoms with Crippen LogP contribution in [0.1, 0.15) is 25.3 Å². The van der Waals surface area contributed by atoms with E-state index in [0.29, 0.717) is 12.8 Å². The fourth-order valence-corrected chi connectivity index (χ4v) is 4.55. The predicted molar refractivity (Wildman–Crippen MR) is 95.1 cm³/mol. The summed E-state index contributed by atoms with van der Waals surface area (Å²) in [5.74, 6) is -0.693. The van der Waals surface area contributed by atoms with Crippen LogP contribution in [-0.2, 0) is 20.9 Å². The zero-order chi connectivity index (χ0) is 18.9. The molecule has 5 atom stereocenters. The van der Waals surface area contributed by atoms with E-state index in [1.54, 1.807) is 6.08 Å². The minimum atomic E-state index is -0.805. The van der Waals surface area contributed by atoms with E-state index >= 15 is 0 Å². The van der Waals surface area contributed by atoms with Crippen LogP contribution >= 0.6 is 0 Å². The van der Waals surface area contributed by atoms with Crippen LogP contribution in [0.2, 0.25) is 0 Å². The van der Waals surface area contributed by atoms with E-state index in [9.17, 15) is 14.7 Å². The third-order valence-electron chi connectivity index (χ3n) is 5.76. The lowest BCUT2D eigenvalue weighted by atomic mass is 9.61. The Labute approximate surface area is 153 Å². The first-order valence-electron chi connectivity index (χ1n) is 8.80. The molecule has 0 aromatic heterocycles. The van der Waals surface area contributed by atoms with Gasteiger partial charge in [-0.2, -0.15) is 0 Å². The average Bonchev–Trinajstić information content (AvgIpc) is 2.83. The van der Waals surface area contributed by atoms with Gasteiger partial charge in [0.05, 0.1) is 13.2 Å². The van der Waals surface area contributed by atoms with Crippen molar-refractivity contribution in [1.29, 1.82) is 0 Å². The van der Waals surface area contributed by atoms with Gasteiger partial charge in [0.15, 0.2) is 0 Å². The number of aliphatic hydroxyl groups excluding tert-OH is 1. The Morgan fingerprint density at radius 2 is 2.08 bits per heavy atom. The van der Waals surface area contributed by atoms with Crippen molar-refractivity contribution in [1.82, 2.24) is 4.90 Å². The molecule has 1 saturated carbocycles. The van der Waals surface area contributed by atoms with Crippen molar-refractivity contribution in [3.8, 4) is 0 Å². The molecule has 0 spiro atoms. The first-order valence-corrected chi connectivity index (χ1v) is 8.80. The van der Waals surface area contributed by atoms with E-state index < -0.39 is 29.6 Å². The third-order valence-corrected chi connectivity index (χ3v) is 5.76. The van der Waals surface area contributed by atoms with E-state index in [0.717, 1.165) is 5.56 Å². The van der Waals surface area contributed by atoms with Crippen LogP contribution in [0.25, 0.3) is 0 Å². The molecule has 2 fully saturated rings. The first kappa shape index (κ1) is 18.5. The molecule has 0 radical (unpaired) electrons. The first-order chi connectivity index (χ1) is 12.4. The smallest absolute Gasteiger partial charge is 0.411 e. The van der Waals surface area contributed by atoms with Gasteiger partial charge in [0.2, 0.25) is 0 Å². The van der Waals surface area contributed by atoms with E-state index in [2.05, 4.69) is 6.58 Å². The van der Waals surface area contributed by atoms with Gasteiger partial charge in [-0.25, -0.2) is 9.59 Å². The van der Waals surface area contributed by atoms with Crippen LogP contribution < -0.4 is 0 Å². The highest BCUT2D eigenvalue weighted by molar-refractivity contribution is 5.84. The number of rotatable bonds is 5. The van der Waals surface area contributed by atoms with Crippen molar-refractivity contribution < 1.29 is 24.2 Å². The molecular weight excluding hydrogens is 334 g/mol. The molecule has 0 bridgehead atoms. The van der Waals surface area contributed by atoms with E-state index in [1.165, 1.54) is 12.0 Å². The second kappa shape index (κ2) is 7.11. The quantitative estimate of drug-likeness (QED) is 0.646. The second-order valence-corrected chi connectivity index (χ2v) is 7.27. The highest BCUT2D eigenvalue weighted by Crippen LogP contribution is 2.57. The monoisotopic (exact) mass is 359 g/mol. The molecule has 6 heteroatoms. The number of amides is 1. The lowest BCUT2D eigenvalue weighted by molar-refractivity contribution is -0.149. The van der Waals surface area contributed by atoms with Gasteiger partial charge >= 0.3 is 12.1 Å². The summed E-state index contributed by atoms with van der Waals surface area (Å²) in [7, 11) is 1.31. The molecular formula is C20H25NO5. The number of benzene rings is 1. The molecule has 1 saturated heterocycles.